The zero-order valence-electron chi connectivity index (χ0n) is 16.2. The molecule has 3 aromatic rings. The largest absolute Gasteiger partial charge is 0.496 e. The third-order valence-electron chi connectivity index (χ3n) is 6.14. The van der Waals surface area contributed by atoms with Crippen LogP contribution in [0.5, 0.6) is 5.75 Å². The SMILES string of the molecule is COc1ccccc1C1CN(C(=O)C2CCc3[nH]cnc3C2)c2ccc(F)cc21. The number of H-pyrrole nitrogens is 1. The van der Waals surface area contributed by atoms with Crippen LogP contribution in [0.15, 0.2) is 48.8 Å². The van der Waals surface area contributed by atoms with Gasteiger partial charge in [-0.25, -0.2) is 9.37 Å². The highest BCUT2D eigenvalue weighted by molar-refractivity contribution is 5.98. The summed E-state index contributed by atoms with van der Waals surface area (Å²) in [6.45, 7) is 0.488. The van der Waals surface area contributed by atoms with Crippen molar-refractivity contribution in [2.24, 2.45) is 5.92 Å². The van der Waals surface area contributed by atoms with Gasteiger partial charge in [0.25, 0.3) is 0 Å². The summed E-state index contributed by atoms with van der Waals surface area (Å²) in [6, 6.07) is 12.4. The Morgan fingerprint density at radius 1 is 1.24 bits per heavy atom. The quantitative estimate of drug-likeness (QED) is 0.738. The number of nitrogens with one attached hydrogen (secondary N) is 1. The molecular formula is C23H22FN3O2. The van der Waals surface area contributed by atoms with E-state index in [0.29, 0.717) is 13.0 Å². The van der Waals surface area contributed by atoms with Crippen LogP contribution in [0, 0.1) is 11.7 Å². The van der Waals surface area contributed by atoms with E-state index >= 15 is 0 Å². The summed E-state index contributed by atoms with van der Waals surface area (Å²) in [5, 5.41) is 0. The molecule has 0 saturated carbocycles. The lowest BCUT2D eigenvalue weighted by atomic mass is 9.88. The fourth-order valence-corrected chi connectivity index (χ4v) is 4.69. The number of nitrogens with zero attached hydrogens (tertiary/aromatic N) is 2. The van der Waals surface area contributed by atoms with Crippen LogP contribution in [0.3, 0.4) is 0 Å². The third kappa shape index (κ3) is 2.99. The molecular weight excluding hydrogens is 369 g/mol. The van der Waals surface area contributed by atoms with Crippen molar-refractivity contribution in [3.8, 4) is 5.75 Å². The molecule has 2 atom stereocenters. The predicted octanol–water partition coefficient (Wildman–Crippen LogP) is 3.84. The Morgan fingerprint density at radius 3 is 2.97 bits per heavy atom. The minimum Gasteiger partial charge on any atom is -0.496 e. The summed E-state index contributed by atoms with van der Waals surface area (Å²) >= 11 is 0. The van der Waals surface area contributed by atoms with Crippen molar-refractivity contribution >= 4 is 11.6 Å². The van der Waals surface area contributed by atoms with Crippen LogP contribution in [0.4, 0.5) is 10.1 Å². The maximum Gasteiger partial charge on any atom is 0.230 e. The summed E-state index contributed by atoms with van der Waals surface area (Å²) in [7, 11) is 1.63. The van der Waals surface area contributed by atoms with E-state index in [0.717, 1.165) is 46.8 Å². The van der Waals surface area contributed by atoms with Gasteiger partial charge in [0.1, 0.15) is 11.6 Å². The van der Waals surface area contributed by atoms with E-state index in [-0.39, 0.29) is 23.6 Å². The standard InChI is InChI=1S/C23H22FN3O2/c1-29-22-5-3-2-4-16(22)18-12-27(21-9-7-15(24)11-17(18)21)23(28)14-6-8-19-20(10-14)26-13-25-19/h2-5,7,9,11,13-14,18H,6,8,10,12H2,1H3,(H,25,26). The molecule has 0 spiro atoms. The topological polar surface area (TPSA) is 58.2 Å². The number of fused-ring (bicyclic) bond motifs is 2. The first-order valence-corrected chi connectivity index (χ1v) is 9.90. The maximum atomic E-state index is 14.1. The number of methoxy groups -OCH3 is 1. The van der Waals surface area contributed by atoms with Gasteiger partial charge in [0.05, 0.1) is 19.1 Å². The first-order valence-electron chi connectivity index (χ1n) is 9.90. The van der Waals surface area contributed by atoms with E-state index in [4.69, 9.17) is 4.74 Å². The average molecular weight is 391 g/mol. The number of imidazole rings is 1. The number of carbonyl (C=O) groups is 1. The van der Waals surface area contributed by atoms with E-state index in [1.165, 1.54) is 6.07 Å². The molecule has 5 rings (SSSR count). The van der Waals surface area contributed by atoms with Gasteiger partial charge in [0, 0.05) is 41.7 Å². The highest BCUT2D eigenvalue weighted by atomic mass is 19.1. The summed E-state index contributed by atoms with van der Waals surface area (Å²) in [5.41, 5.74) is 4.70. The molecule has 0 bridgehead atoms. The van der Waals surface area contributed by atoms with Crippen molar-refractivity contribution in [2.75, 3.05) is 18.6 Å². The number of aromatic amines is 1. The Morgan fingerprint density at radius 2 is 2.10 bits per heavy atom. The van der Waals surface area contributed by atoms with E-state index in [2.05, 4.69) is 9.97 Å². The van der Waals surface area contributed by atoms with Gasteiger partial charge in [-0.1, -0.05) is 18.2 Å². The summed E-state index contributed by atoms with van der Waals surface area (Å²) in [6.07, 6.45) is 3.96. The molecule has 1 amide bonds. The van der Waals surface area contributed by atoms with Crippen molar-refractivity contribution < 1.29 is 13.9 Å². The van der Waals surface area contributed by atoms with Crippen LogP contribution < -0.4 is 9.64 Å². The lowest BCUT2D eigenvalue weighted by Crippen LogP contribution is -2.38. The van der Waals surface area contributed by atoms with Crippen LogP contribution in [0.25, 0.3) is 0 Å². The predicted molar refractivity (Wildman–Crippen MR) is 108 cm³/mol. The number of hydrogen-bond acceptors (Lipinski definition) is 3. The van der Waals surface area contributed by atoms with Crippen LogP contribution in [-0.4, -0.2) is 29.5 Å². The molecule has 0 fully saturated rings. The van der Waals surface area contributed by atoms with E-state index in [1.54, 1.807) is 25.6 Å². The number of rotatable bonds is 3. The van der Waals surface area contributed by atoms with Crippen LogP contribution >= 0.6 is 0 Å². The van der Waals surface area contributed by atoms with Gasteiger partial charge in [-0.3, -0.25) is 4.79 Å². The molecule has 5 nitrogen and oxygen atoms in total. The zero-order valence-corrected chi connectivity index (χ0v) is 16.2. The van der Waals surface area contributed by atoms with Crippen LogP contribution in [0.1, 0.15) is 34.9 Å². The molecule has 1 aliphatic heterocycles. The summed E-state index contributed by atoms with van der Waals surface area (Å²) < 4.78 is 19.6. The van der Waals surface area contributed by atoms with E-state index < -0.39 is 0 Å². The molecule has 148 valence electrons. The number of anilines is 1. The number of aryl methyl sites for hydroxylation is 1. The lowest BCUT2D eigenvalue weighted by Gasteiger charge is -2.26. The first kappa shape index (κ1) is 17.9. The van der Waals surface area contributed by atoms with Gasteiger partial charge in [-0.15, -0.1) is 0 Å². The van der Waals surface area contributed by atoms with Gasteiger partial charge >= 0.3 is 0 Å². The molecule has 1 aliphatic carbocycles. The number of para-hydroxylation sites is 1. The smallest absolute Gasteiger partial charge is 0.230 e. The van der Waals surface area contributed by atoms with Gasteiger partial charge in [0.15, 0.2) is 0 Å². The lowest BCUT2D eigenvalue weighted by molar-refractivity contribution is -0.122. The Bertz CT molecular complexity index is 1080. The number of halogens is 1. The Balaban J connectivity index is 1.50. The normalized spacial score (nSPS) is 20.3. The molecule has 2 heterocycles. The molecule has 2 aromatic carbocycles. The number of carbonyl (C=O) groups excluding carboxylic acids is 1. The van der Waals surface area contributed by atoms with Crippen LogP contribution in [0.2, 0.25) is 0 Å². The second kappa shape index (κ2) is 7.03. The Labute approximate surface area is 168 Å². The summed E-state index contributed by atoms with van der Waals surface area (Å²) in [5.74, 6) is 0.312. The number of aromatic nitrogens is 2. The molecule has 2 unspecified atom stereocenters. The minimum absolute atomic E-state index is 0.0870. The Hall–Kier alpha value is -3.15. The van der Waals surface area contributed by atoms with Crippen molar-refractivity contribution in [2.45, 2.75) is 25.2 Å². The second-order valence-electron chi connectivity index (χ2n) is 7.71. The van der Waals surface area contributed by atoms with Gasteiger partial charge < -0.3 is 14.6 Å². The number of benzene rings is 2. The summed E-state index contributed by atoms with van der Waals surface area (Å²) in [4.78, 5) is 22.8. The van der Waals surface area contributed by atoms with Crippen molar-refractivity contribution in [3.05, 3.63) is 77.1 Å². The van der Waals surface area contributed by atoms with Gasteiger partial charge in [0.2, 0.25) is 5.91 Å². The fourth-order valence-electron chi connectivity index (χ4n) is 4.69. The Kier molecular flexibility index (Phi) is 4.34. The zero-order chi connectivity index (χ0) is 20.0. The average Bonchev–Trinajstić information content (AvgIpc) is 3.37. The fraction of sp³-hybridized carbons (Fsp3) is 0.304. The number of hydrogen-bond donors (Lipinski definition) is 1. The highest BCUT2D eigenvalue weighted by Crippen LogP contribution is 2.44. The minimum atomic E-state index is -0.295. The maximum absolute atomic E-state index is 14.1. The molecule has 1 aromatic heterocycles. The van der Waals surface area contributed by atoms with Gasteiger partial charge in [-0.05, 0) is 42.7 Å². The molecule has 1 N–H and O–H groups in total. The number of amides is 1. The third-order valence-corrected chi connectivity index (χ3v) is 6.14. The number of ether oxygens (including phenoxy) is 1. The van der Waals surface area contributed by atoms with Crippen molar-refractivity contribution in [1.29, 1.82) is 0 Å². The molecule has 29 heavy (non-hydrogen) atoms. The molecule has 0 saturated heterocycles. The van der Waals surface area contributed by atoms with Crippen molar-refractivity contribution in [3.63, 3.8) is 0 Å². The van der Waals surface area contributed by atoms with Gasteiger partial charge in [-0.2, -0.15) is 0 Å². The van der Waals surface area contributed by atoms with Crippen molar-refractivity contribution in [1.82, 2.24) is 9.97 Å². The molecule has 6 heteroatoms. The van der Waals surface area contributed by atoms with Crippen LogP contribution in [-0.2, 0) is 17.6 Å². The molecule has 0 radical (unpaired) electrons. The van der Waals surface area contributed by atoms with E-state index in [1.807, 2.05) is 29.2 Å². The highest BCUT2D eigenvalue weighted by Gasteiger charge is 2.38. The van der Waals surface area contributed by atoms with E-state index in [9.17, 15) is 9.18 Å². The monoisotopic (exact) mass is 391 g/mol. The second-order valence-corrected chi connectivity index (χ2v) is 7.71. The molecule has 2 aliphatic rings. The first-order chi connectivity index (χ1) is 14.2.